The van der Waals surface area contributed by atoms with Crippen molar-refractivity contribution >= 4 is 6.29 Å². The molecule has 1 rings (SSSR count). The molecule has 3 heteroatoms. The number of carbonyl (C=O) groups excluding carboxylic acids is 1. The largest absolute Gasteiger partial charge is 0.438 e. The first-order valence-corrected chi connectivity index (χ1v) is 4.05. The number of aryl methyl sites for hydroxylation is 1. The van der Waals surface area contributed by atoms with E-state index in [1.54, 1.807) is 6.92 Å². The first kappa shape index (κ1) is 8.97. The Balaban J connectivity index is 2.89. The molecule has 1 aromatic heterocycles. The second-order valence-electron chi connectivity index (χ2n) is 3.26. The summed E-state index contributed by atoms with van der Waals surface area (Å²) in [4.78, 5) is 14.6. The molecule has 1 heterocycles. The van der Waals surface area contributed by atoms with Crippen LogP contribution in [0.3, 0.4) is 0 Å². The SMILES string of the molecule is Cc1nc(CC(C)C)c(C=O)o1. The summed E-state index contributed by atoms with van der Waals surface area (Å²) in [6, 6.07) is 0. The predicted molar refractivity (Wildman–Crippen MR) is 45.2 cm³/mol. The van der Waals surface area contributed by atoms with Crippen LogP contribution in [0.1, 0.15) is 36.0 Å². The van der Waals surface area contributed by atoms with E-state index in [9.17, 15) is 4.79 Å². The van der Waals surface area contributed by atoms with Gasteiger partial charge in [0.2, 0.25) is 0 Å². The van der Waals surface area contributed by atoms with E-state index < -0.39 is 0 Å². The van der Waals surface area contributed by atoms with Gasteiger partial charge in [-0.25, -0.2) is 4.98 Å². The Morgan fingerprint density at radius 3 is 2.75 bits per heavy atom. The highest BCUT2D eigenvalue weighted by Gasteiger charge is 2.10. The van der Waals surface area contributed by atoms with Gasteiger partial charge in [0.05, 0.1) is 5.69 Å². The highest BCUT2D eigenvalue weighted by molar-refractivity contribution is 5.72. The second-order valence-corrected chi connectivity index (χ2v) is 3.26. The lowest BCUT2D eigenvalue weighted by atomic mass is 10.1. The predicted octanol–water partition coefficient (Wildman–Crippen LogP) is 1.99. The highest BCUT2D eigenvalue weighted by Crippen LogP contribution is 2.12. The number of hydrogen-bond acceptors (Lipinski definition) is 3. The Morgan fingerprint density at radius 1 is 1.58 bits per heavy atom. The summed E-state index contributed by atoms with van der Waals surface area (Å²) in [5, 5.41) is 0. The van der Waals surface area contributed by atoms with E-state index in [1.165, 1.54) is 0 Å². The number of aromatic nitrogens is 1. The van der Waals surface area contributed by atoms with Crippen molar-refractivity contribution in [1.82, 2.24) is 4.98 Å². The van der Waals surface area contributed by atoms with Gasteiger partial charge in [-0.1, -0.05) is 13.8 Å². The van der Waals surface area contributed by atoms with Crippen LogP contribution in [-0.2, 0) is 6.42 Å². The Labute approximate surface area is 71.8 Å². The number of nitrogens with zero attached hydrogens (tertiary/aromatic N) is 1. The monoisotopic (exact) mass is 167 g/mol. The van der Waals surface area contributed by atoms with Gasteiger partial charge in [0, 0.05) is 6.92 Å². The van der Waals surface area contributed by atoms with E-state index in [2.05, 4.69) is 18.8 Å². The number of oxazole rings is 1. The molecule has 3 nitrogen and oxygen atoms in total. The van der Waals surface area contributed by atoms with Crippen LogP contribution in [0.4, 0.5) is 0 Å². The quantitative estimate of drug-likeness (QED) is 0.646. The zero-order chi connectivity index (χ0) is 9.14. The Morgan fingerprint density at radius 2 is 2.25 bits per heavy atom. The minimum absolute atomic E-state index is 0.376. The fourth-order valence-corrected chi connectivity index (χ4v) is 1.11. The molecule has 0 saturated carbocycles. The van der Waals surface area contributed by atoms with Crippen molar-refractivity contribution in [3.05, 3.63) is 17.3 Å². The zero-order valence-electron chi connectivity index (χ0n) is 7.63. The molecule has 0 amide bonds. The zero-order valence-corrected chi connectivity index (χ0v) is 7.63. The number of aldehydes is 1. The Bertz CT molecular complexity index is 276. The van der Waals surface area contributed by atoms with Gasteiger partial charge < -0.3 is 4.42 Å². The first-order valence-electron chi connectivity index (χ1n) is 4.05. The van der Waals surface area contributed by atoms with E-state index >= 15 is 0 Å². The van der Waals surface area contributed by atoms with Gasteiger partial charge in [0.15, 0.2) is 17.9 Å². The van der Waals surface area contributed by atoms with Crippen LogP contribution in [0.15, 0.2) is 4.42 Å². The highest BCUT2D eigenvalue weighted by atomic mass is 16.4. The lowest BCUT2D eigenvalue weighted by Gasteiger charge is -1.99. The van der Waals surface area contributed by atoms with Crippen LogP contribution < -0.4 is 0 Å². The van der Waals surface area contributed by atoms with Crippen molar-refractivity contribution in [2.75, 3.05) is 0 Å². The fraction of sp³-hybridized carbons (Fsp3) is 0.556. The van der Waals surface area contributed by atoms with Crippen LogP contribution in [0.2, 0.25) is 0 Å². The summed E-state index contributed by atoms with van der Waals surface area (Å²) in [7, 11) is 0. The molecule has 0 aromatic carbocycles. The van der Waals surface area contributed by atoms with Crippen molar-refractivity contribution in [2.24, 2.45) is 5.92 Å². The number of rotatable bonds is 3. The molecule has 12 heavy (non-hydrogen) atoms. The average molecular weight is 167 g/mol. The van der Waals surface area contributed by atoms with Gasteiger partial charge in [0.25, 0.3) is 0 Å². The molecular formula is C9H13NO2. The van der Waals surface area contributed by atoms with Gasteiger partial charge in [-0.15, -0.1) is 0 Å². The minimum atomic E-state index is 0.376. The molecule has 0 aliphatic rings. The maximum absolute atomic E-state index is 10.5. The fourth-order valence-electron chi connectivity index (χ4n) is 1.11. The van der Waals surface area contributed by atoms with E-state index in [-0.39, 0.29) is 0 Å². The molecule has 0 fully saturated rings. The molecule has 0 radical (unpaired) electrons. The third-order valence-electron chi connectivity index (χ3n) is 1.54. The summed E-state index contributed by atoms with van der Waals surface area (Å²) in [5.74, 6) is 1.43. The van der Waals surface area contributed by atoms with Crippen molar-refractivity contribution < 1.29 is 9.21 Å². The van der Waals surface area contributed by atoms with Crippen molar-refractivity contribution in [1.29, 1.82) is 0 Å². The molecule has 0 N–H and O–H groups in total. The third-order valence-corrected chi connectivity index (χ3v) is 1.54. The van der Waals surface area contributed by atoms with Gasteiger partial charge in [-0.3, -0.25) is 4.79 Å². The van der Waals surface area contributed by atoms with E-state index in [0.717, 1.165) is 18.4 Å². The van der Waals surface area contributed by atoms with E-state index in [1.807, 2.05) is 0 Å². The molecule has 0 bridgehead atoms. The standard InChI is InChI=1S/C9H13NO2/c1-6(2)4-8-9(5-11)12-7(3)10-8/h5-6H,4H2,1-3H3. The van der Waals surface area contributed by atoms with Crippen LogP contribution >= 0.6 is 0 Å². The normalized spacial score (nSPS) is 10.7. The Kier molecular flexibility index (Phi) is 2.63. The van der Waals surface area contributed by atoms with Crippen LogP contribution in [0.5, 0.6) is 0 Å². The molecule has 1 aromatic rings. The molecule has 0 atom stereocenters. The lowest BCUT2D eigenvalue weighted by Crippen LogP contribution is -1.97. The van der Waals surface area contributed by atoms with Crippen LogP contribution in [0, 0.1) is 12.8 Å². The van der Waals surface area contributed by atoms with Crippen molar-refractivity contribution in [3.63, 3.8) is 0 Å². The third kappa shape index (κ3) is 1.94. The van der Waals surface area contributed by atoms with Gasteiger partial charge in [-0.2, -0.15) is 0 Å². The summed E-state index contributed by atoms with van der Waals surface area (Å²) in [5.41, 5.74) is 0.775. The summed E-state index contributed by atoms with van der Waals surface area (Å²) >= 11 is 0. The molecular weight excluding hydrogens is 154 g/mol. The maximum Gasteiger partial charge on any atom is 0.192 e. The molecule has 0 unspecified atom stereocenters. The van der Waals surface area contributed by atoms with E-state index in [0.29, 0.717) is 17.6 Å². The lowest BCUT2D eigenvalue weighted by molar-refractivity contribution is 0.109. The van der Waals surface area contributed by atoms with Crippen molar-refractivity contribution in [2.45, 2.75) is 27.2 Å². The smallest absolute Gasteiger partial charge is 0.192 e. The maximum atomic E-state index is 10.5. The first-order chi connectivity index (χ1) is 5.63. The van der Waals surface area contributed by atoms with Crippen LogP contribution in [-0.4, -0.2) is 11.3 Å². The minimum Gasteiger partial charge on any atom is -0.438 e. The van der Waals surface area contributed by atoms with Gasteiger partial charge in [-0.05, 0) is 12.3 Å². The summed E-state index contributed by atoms with van der Waals surface area (Å²) in [6.45, 7) is 5.91. The number of carbonyl (C=O) groups is 1. The Hall–Kier alpha value is -1.12. The molecule has 0 spiro atoms. The van der Waals surface area contributed by atoms with E-state index in [4.69, 9.17) is 4.42 Å². The van der Waals surface area contributed by atoms with Crippen LogP contribution in [0.25, 0.3) is 0 Å². The molecule has 0 saturated heterocycles. The number of hydrogen-bond donors (Lipinski definition) is 0. The van der Waals surface area contributed by atoms with Crippen molar-refractivity contribution in [3.8, 4) is 0 Å². The molecule has 0 aliphatic heterocycles. The second kappa shape index (κ2) is 3.52. The molecule has 66 valence electrons. The molecule has 0 aliphatic carbocycles. The summed E-state index contributed by atoms with van der Waals surface area (Å²) < 4.78 is 5.09. The summed E-state index contributed by atoms with van der Waals surface area (Å²) in [6.07, 6.45) is 1.52. The average Bonchev–Trinajstić information content (AvgIpc) is 2.29. The van der Waals surface area contributed by atoms with Gasteiger partial charge >= 0.3 is 0 Å². The van der Waals surface area contributed by atoms with Gasteiger partial charge in [0.1, 0.15) is 0 Å². The topological polar surface area (TPSA) is 43.1 Å².